The Labute approximate surface area is 128 Å². The van der Waals surface area contributed by atoms with Crippen LogP contribution in [0.4, 0.5) is 0 Å². The predicted octanol–water partition coefficient (Wildman–Crippen LogP) is 3.53. The SMILES string of the molecule is COc1ccc2c(C(=O)C3=NC(C(C)C)CS3)c[nH]c2c1. The highest BCUT2D eigenvalue weighted by molar-refractivity contribution is 8.16. The molecule has 110 valence electrons. The second kappa shape index (κ2) is 5.56. The van der Waals surface area contributed by atoms with Gasteiger partial charge in [0.2, 0.25) is 5.78 Å². The van der Waals surface area contributed by atoms with Gasteiger partial charge in [-0.3, -0.25) is 9.79 Å². The predicted molar refractivity (Wildman–Crippen MR) is 87.7 cm³/mol. The lowest BCUT2D eigenvalue weighted by molar-refractivity contribution is 0.107. The Hall–Kier alpha value is -1.75. The van der Waals surface area contributed by atoms with Crippen LogP contribution < -0.4 is 4.74 Å². The van der Waals surface area contributed by atoms with Gasteiger partial charge in [0.05, 0.1) is 18.7 Å². The maximum absolute atomic E-state index is 12.6. The van der Waals surface area contributed by atoms with Crippen LogP contribution in [0.3, 0.4) is 0 Å². The second-order valence-corrected chi connectivity index (χ2v) is 6.51. The normalized spacial score (nSPS) is 18.3. The number of carbonyl (C=O) groups is 1. The number of aromatic nitrogens is 1. The van der Waals surface area contributed by atoms with Gasteiger partial charge in [0.25, 0.3) is 0 Å². The summed E-state index contributed by atoms with van der Waals surface area (Å²) in [6, 6.07) is 5.93. The number of benzene rings is 1. The quantitative estimate of drug-likeness (QED) is 0.879. The summed E-state index contributed by atoms with van der Waals surface area (Å²) >= 11 is 1.56. The number of nitrogens with one attached hydrogen (secondary N) is 1. The van der Waals surface area contributed by atoms with E-state index in [1.54, 1.807) is 25.1 Å². The highest BCUT2D eigenvalue weighted by atomic mass is 32.2. The number of Topliss-reactive ketones (excluding diaryl/α,β-unsaturated/α-hetero) is 1. The molecule has 1 atom stereocenters. The number of fused-ring (bicyclic) bond motifs is 1. The molecule has 1 aliphatic rings. The molecular formula is C16H18N2O2S. The average molecular weight is 302 g/mol. The van der Waals surface area contributed by atoms with Crippen LogP contribution in [-0.4, -0.2) is 34.7 Å². The fraction of sp³-hybridized carbons (Fsp3) is 0.375. The van der Waals surface area contributed by atoms with E-state index in [1.165, 1.54) is 0 Å². The van der Waals surface area contributed by atoms with Gasteiger partial charge in [-0.05, 0) is 18.1 Å². The largest absolute Gasteiger partial charge is 0.497 e. The van der Waals surface area contributed by atoms with E-state index in [0.717, 1.165) is 22.4 Å². The number of hydrogen-bond acceptors (Lipinski definition) is 4. The Morgan fingerprint density at radius 1 is 1.48 bits per heavy atom. The lowest BCUT2D eigenvalue weighted by atomic mass is 10.1. The first kappa shape index (κ1) is 14.2. The Morgan fingerprint density at radius 2 is 2.29 bits per heavy atom. The van der Waals surface area contributed by atoms with Gasteiger partial charge in [-0.25, -0.2) is 0 Å². The van der Waals surface area contributed by atoms with E-state index in [-0.39, 0.29) is 11.8 Å². The zero-order valence-corrected chi connectivity index (χ0v) is 13.2. The molecule has 0 aliphatic carbocycles. The van der Waals surface area contributed by atoms with Crippen molar-refractivity contribution in [2.45, 2.75) is 19.9 Å². The number of nitrogens with zero attached hydrogens (tertiary/aromatic N) is 1. The standard InChI is InChI=1S/C16H18N2O2S/c1-9(2)14-8-21-16(18-14)15(19)12-7-17-13-6-10(20-3)4-5-11(12)13/h4-7,9,14,17H,8H2,1-3H3. The van der Waals surface area contributed by atoms with Crippen molar-refractivity contribution in [1.29, 1.82) is 0 Å². The molecule has 4 nitrogen and oxygen atoms in total. The van der Waals surface area contributed by atoms with Crippen LogP contribution >= 0.6 is 11.8 Å². The number of aliphatic imine (C=N–C) groups is 1. The first-order valence-corrected chi connectivity index (χ1v) is 7.99. The Morgan fingerprint density at radius 3 is 2.95 bits per heavy atom. The van der Waals surface area contributed by atoms with E-state index in [1.807, 2.05) is 18.2 Å². The van der Waals surface area contributed by atoms with E-state index < -0.39 is 0 Å². The first-order valence-electron chi connectivity index (χ1n) is 7.00. The van der Waals surface area contributed by atoms with Crippen LogP contribution in [0.15, 0.2) is 29.4 Å². The van der Waals surface area contributed by atoms with Crippen LogP contribution in [0.1, 0.15) is 24.2 Å². The summed E-state index contributed by atoms with van der Waals surface area (Å²) in [5.74, 6) is 2.15. The van der Waals surface area contributed by atoms with Crippen LogP contribution in [-0.2, 0) is 0 Å². The number of thioether (sulfide) groups is 1. The third kappa shape index (κ3) is 2.58. The van der Waals surface area contributed by atoms with E-state index in [9.17, 15) is 4.79 Å². The number of ketones is 1. The van der Waals surface area contributed by atoms with Gasteiger partial charge >= 0.3 is 0 Å². The van der Waals surface area contributed by atoms with Crippen molar-refractivity contribution in [1.82, 2.24) is 4.98 Å². The minimum atomic E-state index is 0.0135. The number of hydrogen-bond donors (Lipinski definition) is 1. The highest BCUT2D eigenvalue weighted by Gasteiger charge is 2.27. The zero-order valence-electron chi connectivity index (χ0n) is 12.3. The first-order chi connectivity index (χ1) is 10.1. The molecule has 0 radical (unpaired) electrons. The second-order valence-electron chi connectivity index (χ2n) is 5.50. The maximum atomic E-state index is 12.6. The maximum Gasteiger partial charge on any atom is 0.219 e. The fourth-order valence-electron chi connectivity index (χ4n) is 2.39. The van der Waals surface area contributed by atoms with E-state index >= 15 is 0 Å². The molecular weight excluding hydrogens is 284 g/mol. The molecule has 5 heteroatoms. The molecule has 21 heavy (non-hydrogen) atoms. The van der Waals surface area contributed by atoms with Crippen LogP contribution in [0, 0.1) is 5.92 Å². The van der Waals surface area contributed by atoms with Crippen molar-refractivity contribution in [2.24, 2.45) is 10.9 Å². The Kier molecular flexibility index (Phi) is 3.76. The molecule has 0 saturated heterocycles. The molecule has 0 amide bonds. The molecule has 1 unspecified atom stereocenters. The number of carbonyl (C=O) groups excluding carboxylic acids is 1. The third-order valence-electron chi connectivity index (χ3n) is 3.77. The van der Waals surface area contributed by atoms with Crippen molar-refractivity contribution in [3.8, 4) is 5.75 Å². The lowest BCUT2D eigenvalue weighted by Crippen LogP contribution is -2.12. The van der Waals surface area contributed by atoms with Crippen molar-refractivity contribution >= 4 is 33.5 Å². The molecule has 3 rings (SSSR count). The van der Waals surface area contributed by atoms with Crippen molar-refractivity contribution in [3.05, 3.63) is 30.0 Å². The summed E-state index contributed by atoms with van der Waals surface area (Å²) in [5.41, 5.74) is 1.59. The summed E-state index contributed by atoms with van der Waals surface area (Å²) < 4.78 is 5.20. The minimum Gasteiger partial charge on any atom is -0.497 e. The number of aromatic amines is 1. The topological polar surface area (TPSA) is 54.4 Å². The van der Waals surface area contributed by atoms with E-state index in [4.69, 9.17) is 4.74 Å². The molecule has 0 saturated carbocycles. The van der Waals surface area contributed by atoms with Gasteiger partial charge in [-0.15, -0.1) is 11.8 Å². The lowest BCUT2D eigenvalue weighted by Gasteiger charge is -2.07. The molecule has 1 N–H and O–H groups in total. The smallest absolute Gasteiger partial charge is 0.219 e. The number of rotatable bonds is 4. The molecule has 1 aromatic heterocycles. The zero-order chi connectivity index (χ0) is 15.0. The minimum absolute atomic E-state index is 0.0135. The summed E-state index contributed by atoms with van der Waals surface area (Å²) in [6.07, 6.45) is 1.76. The Bertz CT molecular complexity index is 718. The van der Waals surface area contributed by atoms with Crippen LogP contribution in [0.25, 0.3) is 10.9 Å². The molecule has 1 aliphatic heterocycles. The van der Waals surface area contributed by atoms with Gasteiger partial charge in [0.1, 0.15) is 10.8 Å². The van der Waals surface area contributed by atoms with E-state index in [2.05, 4.69) is 23.8 Å². The molecule has 0 fully saturated rings. The van der Waals surface area contributed by atoms with Crippen molar-refractivity contribution in [2.75, 3.05) is 12.9 Å². The van der Waals surface area contributed by atoms with Gasteiger partial charge in [-0.1, -0.05) is 13.8 Å². The average Bonchev–Trinajstić information content (AvgIpc) is 3.12. The monoisotopic (exact) mass is 302 g/mol. The molecule has 0 bridgehead atoms. The van der Waals surface area contributed by atoms with Crippen LogP contribution in [0.2, 0.25) is 0 Å². The van der Waals surface area contributed by atoms with Crippen molar-refractivity contribution < 1.29 is 9.53 Å². The number of H-pyrrole nitrogens is 1. The summed E-state index contributed by atoms with van der Waals surface area (Å²) in [5, 5.41) is 1.54. The summed E-state index contributed by atoms with van der Waals surface area (Å²) in [6.45, 7) is 4.28. The summed E-state index contributed by atoms with van der Waals surface area (Å²) in [4.78, 5) is 20.4. The third-order valence-corrected chi connectivity index (χ3v) is 4.84. The fourth-order valence-corrected chi connectivity index (χ4v) is 3.63. The van der Waals surface area contributed by atoms with E-state index in [0.29, 0.717) is 16.5 Å². The molecule has 2 aromatic rings. The number of ether oxygens (including phenoxy) is 1. The van der Waals surface area contributed by atoms with Crippen LogP contribution in [0.5, 0.6) is 5.75 Å². The molecule has 0 spiro atoms. The van der Waals surface area contributed by atoms with Gasteiger partial charge in [-0.2, -0.15) is 0 Å². The Balaban J connectivity index is 1.94. The van der Waals surface area contributed by atoms with Crippen molar-refractivity contribution in [3.63, 3.8) is 0 Å². The molecule has 2 heterocycles. The summed E-state index contributed by atoms with van der Waals surface area (Å²) in [7, 11) is 1.63. The van der Waals surface area contributed by atoms with Gasteiger partial charge in [0.15, 0.2) is 0 Å². The van der Waals surface area contributed by atoms with Gasteiger partial charge in [0, 0.05) is 28.9 Å². The number of methoxy groups -OCH3 is 1. The highest BCUT2D eigenvalue weighted by Crippen LogP contribution is 2.29. The van der Waals surface area contributed by atoms with Gasteiger partial charge < -0.3 is 9.72 Å². The molecule has 1 aromatic carbocycles.